The largest absolute Gasteiger partial charge is 0.368 e. The Morgan fingerprint density at radius 3 is 2.09 bits per heavy atom. The second-order valence-corrected chi connectivity index (χ2v) is 12.6. The highest BCUT2D eigenvalue weighted by Gasteiger charge is 2.28. The average Bonchev–Trinajstić information content (AvgIpc) is 3.57. The van der Waals surface area contributed by atoms with Crippen LogP contribution in [0.1, 0.15) is 33.8 Å². The zero-order valence-corrected chi connectivity index (χ0v) is 25.1. The Kier molecular flexibility index (Phi) is 6.17. The van der Waals surface area contributed by atoms with E-state index in [1.165, 1.54) is 48.5 Å². The second-order valence-electron chi connectivity index (χ2n) is 11.5. The third kappa shape index (κ3) is 4.55. The van der Waals surface area contributed by atoms with Gasteiger partial charge in [-0.2, -0.15) is 0 Å². The highest BCUT2D eigenvalue weighted by atomic mass is 32.2. The standard InChI is InChI=1S/C40H28N4S/c1-3-11-26(12-4-1)37-42-38(27-13-5-2-6-14-27)44-39(43-37)29-20-19-25-21-22-35-36(33(25)24-29)45-40(41-35)34-23-28-15-7-8-16-30(28)31-17-9-10-18-32(31)34/h1-24,37,40-41H,(H,42,43,44). The zero-order chi connectivity index (χ0) is 29.7. The highest BCUT2D eigenvalue weighted by Crippen LogP contribution is 2.51. The van der Waals surface area contributed by atoms with Gasteiger partial charge in [0.2, 0.25) is 0 Å². The number of anilines is 1. The van der Waals surface area contributed by atoms with Crippen LogP contribution in [0, 0.1) is 0 Å². The van der Waals surface area contributed by atoms with Crippen molar-refractivity contribution in [3.8, 4) is 0 Å². The number of hydrogen-bond acceptors (Lipinski definition) is 5. The minimum Gasteiger partial charge on any atom is -0.368 e. The molecule has 0 aliphatic carbocycles. The van der Waals surface area contributed by atoms with Crippen molar-refractivity contribution in [1.82, 2.24) is 5.32 Å². The van der Waals surface area contributed by atoms with Crippen LogP contribution >= 0.6 is 11.8 Å². The smallest absolute Gasteiger partial charge is 0.159 e. The van der Waals surface area contributed by atoms with E-state index in [0.29, 0.717) is 0 Å². The number of fused-ring (bicyclic) bond motifs is 6. The summed E-state index contributed by atoms with van der Waals surface area (Å²) in [5.74, 6) is 1.56. The Balaban J connectivity index is 1.13. The van der Waals surface area contributed by atoms with Crippen LogP contribution in [0.4, 0.5) is 5.69 Å². The fourth-order valence-corrected chi connectivity index (χ4v) is 7.83. The molecule has 4 nitrogen and oxygen atoms in total. The summed E-state index contributed by atoms with van der Waals surface area (Å²) in [7, 11) is 0. The number of nitrogens with zero attached hydrogens (tertiary/aromatic N) is 2. The van der Waals surface area contributed by atoms with Crippen LogP contribution in [0.2, 0.25) is 0 Å². The molecule has 2 atom stereocenters. The molecule has 0 saturated heterocycles. The number of nitrogens with one attached hydrogen (secondary N) is 2. The lowest BCUT2D eigenvalue weighted by Crippen LogP contribution is -2.33. The molecule has 9 rings (SSSR count). The van der Waals surface area contributed by atoms with Gasteiger partial charge >= 0.3 is 0 Å². The summed E-state index contributed by atoms with van der Waals surface area (Å²) in [5, 5.41) is 15.2. The first-order valence-electron chi connectivity index (χ1n) is 15.2. The van der Waals surface area contributed by atoms with Crippen molar-refractivity contribution in [3.05, 3.63) is 168 Å². The van der Waals surface area contributed by atoms with Crippen LogP contribution in [0.25, 0.3) is 32.3 Å². The van der Waals surface area contributed by atoms with E-state index in [0.717, 1.165) is 28.4 Å². The van der Waals surface area contributed by atoms with E-state index >= 15 is 0 Å². The van der Waals surface area contributed by atoms with Crippen LogP contribution < -0.4 is 10.6 Å². The number of benzene rings is 7. The first-order valence-corrected chi connectivity index (χ1v) is 16.1. The molecule has 7 aromatic carbocycles. The molecule has 5 heteroatoms. The van der Waals surface area contributed by atoms with Gasteiger partial charge in [-0.1, -0.05) is 139 Å². The molecule has 2 aliphatic rings. The molecule has 2 heterocycles. The van der Waals surface area contributed by atoms with Gasteiger partial charge in [0.25, 0.3) is 0 Å². The van der Waals surface area contributed by atoms with Crippen LogP contribution in [0.3, 0.4) is 0 Å². The van der Waals surface area contributed by atoms with Crippen LogP contribution in [0.15, 0.2) is 160 Å². The monoisotopic (exact) mass is 596 g/mol. The quantitative estimate of drug-likeness (QED) is 0.199. The number of thioether (sulfide) groups is 1. The summed E-state index contributed by atoms with van der Waals surface area (Å²) in [4.78, 5) is 11.3. The molecule has 214 valence electrons. The van der Waals surface area contributed by atoms with Crippen LogP contribution in [-0.2, 0) is 0 Å². The predicted octanol–water partition coefficient (Wildman–Crippen LogP) is 9.86. The van der Waals surface area contributed by atoms with Gasteiger partial charge in [0.15, 0.2) is 5.84 Å². The maximum absolute atomic E-state index is 5.06. The van der Waals surface area contributed by atoms with Gasteiger partial charge in [-0.05, 0) is 61.6 Å². The molecule has 45 heavy (non-hydrogen) atoms. The number of amidine groups is 2. The van der Waals surface area contributed by atoms with Gasteiger partial charge in [0, 0.05) is 21.7 Å². The molecule has 2 unspecified atom stereocenters. The van der Waals surface area contributed by atoms with Crippen molar-refractivity contribution in [2.45, 2.75) is 16.4 Å². The third-order valence-corrected chi connectivity index (χ3v) is 10.0. The molecule has 2 N–H and O–H groups in total. The number of aliphatic imine (C=N–C) groups is 2. The third-order valence-electron chi connectivity index (χ3n) is 8.74. The van der Waals surface area contributed by atoms with Gasteiger partial charge in [-0.25, -0.2) is 9.98 Å². The van der Waals surface area contributed by atoms with E-state index in [-0.39, 0.29) is 11.5 Å². The summed E-state index contributed by atoms with van der Waals surface area (Å²) in [6.45, 7) is 0. The summed E-state index contributed by atoms with van der Waals surface area (Å²) in [5.41, 5.74) is 5.62. The SMILES string of the molecule is c1ccc(C2=NC(c3ccccc3)NC(c3ccc4ccc5c(c4c3)SC(c3cc4ccccc4c4ccccc34)N5)=N2)cc1. The van der Waals surface area contributed by atoms with Gasteiger partial charge in [-0.15, -0.1) is 0 Å². The minimum absolute atomic E-state index is 0.105. The van der Waals surface area contributed by atoms with E-state index in [2.05, 4.69) is 132 Å². The summed E-state index contributed by atoms with van der Waals surface area (Å²) in [6, 6.07) is 51.5. The van der Waals surface area contributed by atoms with Crippen molar-refractivity contribution in [2.75, 3.05) is 5.32 Å². The Bertz CT molecular complexity index is 2310. The second kappa shape index (κ2) is 10.7. The maximum Gasteiger partial charge on any atom is 0.159 e. The van der Waals surface area contributed by atoms with Crippen LogP contribution in [-0.4, -0.2) is 11.7 Å². The molecule has 0 amide bonds. The Labute approximate surface area is 265 Å². The molecule has 0 saturated carbocycles. The lowest BCUT2D eigenvalue weighted by Gasteiger charge is -2.24. The Hall–Kier alpha value is -5.39. The Morgan fingerprint density at radius 2 is 1.24 bits per heavy atom. The maximum atomic E-state index is 5.06. The first kappa shape index (κ1) is 26.1. The zero-order valence-electron chi connectivity index (χ0n) is 24.3. The number of hydrogen-bond donors (Lipinski definition) is 2. The van der Waals surface area contributed by atoms with Crippen LogP contribution in [0.5, 0.6) is 0 Å². The van der Waals surface area contributed by atoms with E-state index < -0.39 is 0 Å². The van der Waals surface area contributed by atoms with Gasteiger partial charge in [0.05, 0.1) is 0 Å². The fourth-order valence-electron chi connectivity index (χ4n) is 6.53. The van der Waals surface area contributed by atoms with Crippen molar-refractivity contribution in [2.24, 2.45) is 9.98 Å². The molecule has 7 aromatic rings. The molecule has 0 bridgehead atoms. The lowest BCUT2D eigenvalue weighted by atomic mass is 9.97. The average molecular weight is 597 g/mol. The van der Waals surface area contributed by atoms with Gasteiger partial charge in [-0.3, -0.25) is 0 Å². The summed E-state index contributed by atoms with van der Waals surface area (Å²) in [6.07, 6.45) is -0.229. The van der Waals surface area contributed by atoms with Gasteiger partial charge < -0.3 is 10.6 Å². The van der Waals surface area contributed by atoms with Crippen molar-refractivity contribution in [3.63, 3.8) is 0 Å². The molecule has 2 aliphatic heterocycles. The molecule has 0 radical (unpaired) electrons. The van der Waals surface area contributed by atoms with E-state index in [4.69, 9.17) is 9.98 Å². The first-order chi connectivity index (χ1) is 22.3. The van der Waals surface area contributed by atoms with Crippen molar-refractivity contribution >= 4 is 61.4 Å². The summed E-state index contributed by atoms with van der Waals surface area (Å²) >= 11 is 1.90. The molecule has 0 spiro atoms. The molecular formula is C40H28N4S. The summed E-state index contributed by atoms with van der Waals surface area (Å²) < 4.78 is 0. The molecule has 0 aromatic heterocycles. The number of rotatable bonds is 4. The van der Waals surface area contributed by atoms with E-state index in [9.17, 15) is 0 Å². The van der Waals surface area contributed by atoms with E-state index in [1.54, 1.807) is 0 Å². The van der Waals surface area contributed by atoms with Crippen molar-refractivity contribution in [1.29, 1.82) is 0 Å². The highest BCUT2D eigenvalue weighted by molar-refractivity contribution is 8.00. The fraction of sp³-hybridized carbons (Fsp3) is 0.0500. The van der Waals surface area contributed by atoms with E-state index in [1.807, 2.05) is 36.0 Å². The molecular weight excluding hydrogens is 569 g/mol. The predicted molar refractivity (Wildman–Crippen MR) is 189 cm³/mol. The van der Waals surface area contributed by atoms with Gasteiger partial charge in [0.1, 0.15) is 17.4 Å². The molecule has 0 fully saturated rings. The normalized spacial score (nSPS) is 17.4. The topological polar surface area (TPSA) is 48.8 Å². The van der Waals surface area contributed by atoms with Crippen molar-refractivity contribution < 1.29 is 0 Å². The minimum atomic E-state index is -0.229. The Morgan fingerprint density at radius 1 is 0.533 bits per heavy atom. The lowest BCUT2D eigenvalue weighted by molar-refractivity contribution is 0.674.